The van der Waals surface area contributed by atoms with Gasteiger partial charge in [0.25, 0.3) is 5.97 Å². The number of hydrogen-bond donors (Lipinski definition) is 4. The van der Waals surface area contributed by atoms with Crippen LogP contribution in [0.1, 0.15) is 6.92 Å². The van der Waals surface area contributed by atoms with Crippen LogP contribution in [0, 0.1) is 0 Å². The van der Waals surface area contributed by atoms with E-state index in [1.54, 1.807) is 7.05 Å². The van der Waals surface area contributed by atoms with Crippen molar-refractivity contribution in [3.05, 3.63) is 0 Å². The number of carboxylic acid groups (broad SMARTS) is 2. The van der Waals surface area contributed by atoms with Crippen LogP contribution in [0.25, 0.3) is 0 Å². The van der Waals surface area contributed by atoms with Crippen molar-refractivity contribution in [3.8, 4) is 0 Å². The molecule has 0 bridgehead atoms. The highest BCUT2D eigenvalue weighted by Crippen LogP contribution is 1.50. The van der Waals surface area contributed by atoms with E-state index < -0.39 is 11.9 Å². The smallest absolute Gasteiger partial charge is 0.317 e. The Balaban J connectivity index is -0.000000118. The summed E-state index contributed by atoms with van der Waals surface area (Å²) in [5.74, 6) is -1.66. The molecular weight excluding hydrogens is 164 g/mol. The molecule has 6 nitrogen and oxygen atoms in total. The molecule has 0 aliphatic carbocycles. The number of rotatable bonds is 2. The number of carboxylic acids is 2. The predicted molar refractivity (Wildman–Crippen MR) is 45.0 cm³/mol. The maximum atomic E-state index is 9.54. The molecule has 0 aromatic carbocycles. The van der Waals surface area contributed by atoms with E-state index in [0.29, 0.717) is 0 Å². The van der Waals surface area contributed by atoms with Crippen molar-refractivity contribution in [1.29, 1.82) is 0 Å². The van der Waals surface area contributed by atoms with Crippen molar-refractivity contribution in [2.45, 2.75) is 6.92 Å². The van der Waals surface area contributed by atoms with Gasteiger partial charge < -0.3 is 21.3 Å². The lowest BCUT2D eigenvalue weighted by molar-refractivity contribution is -0.136. The van der Waals surface area contributed by atoms with E-state index in [9.17, 15) is 4.79 Å². The van der Waals surface area contributed by atoms with Gasteiger partial charge in [-0.05, 0) is 14.1 Å². The van der Waals surface area contributed by atoms with E-state index in [-0.39, 0.29) is 6.54 Å². The Bertz CT molecular complexity index is 112. The Morgan fingerprint density at radius 2 is 1.58 bits per heavy atom. The Labute approximate surface area is 71.4 Å². The van der Waals surface area contributed by atoms with Crippen molar-refractivity contribution in [2.75, 3.05) is 20.6 Å². The lowest BCUT2D eigenvalue weighted by atomic mass is 10.7. The van der Waals surface area contributed by atoms with E-state index in [1.807, 2.05) is 0 Å². The van der Waals surface area contributed by atoms with Crippen molar-refractivity contribution < 1.29 is 19.8 Å². The van der Waals surface area contributed by atoms with Crippen molar-refractivity contribution in [1.82, 2.24) is 5.32 Å². The van der Waals surface area contributed by atoms with Gasteiger partial charge in [-0.1, -0.05) is 0 Å². The highest BCUT2D eigenvalue weighted by Gasteiger charge is 1.86. The standard InChI is InChI=1S/C3H7NO2.C2H4O2.CH5N/c1-4-2-3(5)6;1-2(3)4;1-2/h4H,2H2,1H3,(H,5,6);1H3,(H,3,4);2H2,1H3. The van der Waals surface area contributed by atoms with Crippen LogP contribution in [-0.4, -0.2) is 42.8 Å². The molecule has 0 aliphatic heterocycles. The SMILES string of the molecule is CC(=O)O.CN.CNCC(=O)O. The van der Waals surface area contributed by atoms with E-state index >= 15 is 0 Å². The molecule has 0 atom stereocenters. The van der Waals surface area contributed by atoms with E-state index in [1.165, 1.54) is 7.05 Å². The van der Waals surface area contributed by atoms with Crippen molar-refractivity contribution >= 4 is 11.9 Å². The number of carbonyl (C=O) groups is 2. The summed E-state index contributed by atoms with van der Waals surface area (Å²) >= 11 is 0. The van der Waals surface area contributed by atoms with Crippen LogP contribution >= 0.6 is 0 Å². The van der Waals surface area contributed by atoms with Gasteiger partial charge in [-0.15, -0.1) is 0 Å². The van der Waals surface area contributed by atoms with Crippen LogP contribution in [0.5, 0.6) is 0 Å². The molecule has 0 aliphatic rings. The molecule has 0 unspecified atom stereocenters. The summed E-state index contributed by atoms with van der Waals surface area (Å²) in [6.45, 7) is 1.12. The van der Waals surface area contributed by atoms with Crippen molar-refractivity contribution in [3.63, 3.8) is 0 Å². The van der Waals surface area contributed by atoms with Gasteiger partial charge in [-0.25, -0.2) is 0 Å². The van der Waals surface area contributed by atoms with E-state index in [0.717, 1.165) is 6.92 Å². The summed E-state index contributed by atoms with van der Waals surface area (Å²) in [6.07, 6.45) is 0. The van der Waals surface area contributed by atoms with Gasteiger partial charge in [0, 0.05) is 6.92 Å². The second kappa shape index (κ2) is 16.4. The third-order valence-electron chi connectivity index (χ3n) is 0.328. The van der Waals surface area contributed by atoms with Crippen LogP contribution < -0.4 is 11.1 Å². The first-order valence-electron chi connectivity index (χ1n) is 3.14. The second-order valence-corrected chi connectivity index (χ2v) is 1.44. The average molecular weight is 180 g/mol. The topological polar surface area (TPSA) is 113 Å². The normalized spacial score (nSPS) is 6.67. The quantitative estimate of drug-likeness (QED) is 0.431. The first-order valence-corrected chi connectivity index (χ1v) is 3.14. The minimum atomic E-state index is -0.833. The molecule has 0 amide bonds. The fraction of sp³-hybridized carbons (Fsp3) is 0.667. The van der Waals surface area contributed by atoms with Gasteiger partial charge >= 0.3 is 5.97 Å². The predicted octanol–water partition coefficient (Wildman–Crippen LogP) is -1.04. The molecular formula is C6H16N2O4. The molecule has 12 heavy (non-hydrogen) atoms. The maximum absolute atomic E-state index is 9.54. The fourth-order valence-corrected chi connectivity index (χ4v) is 0.151. The van der Waals surface area contributed by atoms with Crippen LogP contribution in [0.15, 0.2) is 0 Å². The summed E-state index contributed by atoms with van der Waals surface area (Å²) in [5.41, 5.74) is 4.50. The molecule has 5 N–H and O–H groups in total. The summed E-state index contributed by atoms with van der Waals surface area (Å²) in [5, 5.41) is 17.7. The molecule has 0 saturated heterocycles. The molecule has 0 spiro atoms. The van der Waals surface area contributed by atoms with Gasteiger partial charge in [0.05, 0.1) is 6.54 Å². The van der Waals surface area contributed by atoms with Gasteiger partial charge in [-0.3, -0.25) is 9.59 Å². The maximum Gasteiger partial charge on any atom is 0.317 e. The largest absolute Gasteiger partial charge is 0.481 e. The summed E-state index contributed by atoms with van der Waals surface area (Å²) < 4.78 is 0. The molecule has 0 radical (unpaired) electrons. The Morgan fingerprint density at radius 3 is 1.58 bits per heavy atom. The third kappa shape index (κ3) is 158. The van der Waals surface area contributed by atoms with Gasteiger partial charge in [0.1, 0.15) is 0 Å². The summed E-state index contributed by atoms with van der Waals surface area (Å²) in [4.78, 5) is 18.5. The number of likely N-dealkylation sites (N-methyl/N-ethyl adjacent to an activating group) is 1. The van der Waals surface area contributed by atoms with Crippen molar-refractivity contribution in [2.24, 2.45) is 5.73 Å². The molecule has 0 saturated carbocycles. The Hall–Kier alpha value is -1.14. The molecule has 74 valence electrons. The Kier molecular flexibility index (Phi) is 23.4. The minimum Gasteiger partial charge on any atom is -0.481 e. The summed E-state index contributed by atoms with van der Waals surface area (Å²) in [7, 11) is 3.09. The highest BCUT2D eigenvalue weighted by atomic mass is 16.4. The zero-order chi connectivity index (χ0) is 10.6. The van der Waals surface area contributed by atoms with Gasteiger partial charge in [0.15, 0.2) is 0 Å². The van der Waals surface area contributed by atoms with Crippen LogP contribution in [0.3, 0.4) is 0 Å². The first-order chi connectivity index (χ1) is 5.50. The molecule has 0 heterocycles. The fourth-order valence-electron chi connectivity index (χ4n) is 0.151. The van der Waals surface area contributed by atoms with Crippen LogP contribution in [0.4, 0.5) is 0 Å². The molecule has 6 heteroatoms. The molecule has 0 fully saturated rings. The van der Waals surface area contributed by atoms with Gasteiger partial charge in [0.2, 0.25) is 0 Å². The highest BCUT2D eigenvalue weighted by molar-refractivity contribution is 5.68. The van der Waals surface area contributed by atoms with Crippen LogP contribution in [-0.2, 0) is 9.59 Å². The number of nitrogens with two attached hydrogens (primary N) is 1. The molecule has 0 aromatic heterocycles. The number of aliphatic carboxylic acids is 2. The third-order valence-corrected chi connectivity index (χ3v) is 0.328. The molecule has 0 aromatic rings. The Morgan fingerprint density at radius 1 is 1.33 bits per heavy atom. The number of hydrogen-bond acceptors (Lipinski definition) is 4. The lowest BCUT2D eigenvalue weighted by Crippen LogP contribution is -2.16. The van der Waals surface area contributed by atoms with Gasteiger partial charge in [-0.2, -0.15) is 0 Å². The first kappa shape index (κ1) is 17.1. The second-order valence-electron chi connectivity index (χ2n) is 1.44. The van der Waals surface area contributed by atoms with Crippen LogP contribution in [0.2, 0.25) is 0 Å². The zero-order valence-electron chi connectivity index (χ0n) is 7.50. The molecule has 0 rings (SSSR count). The zero-order valence-corrected chi connectivity index (χ0v) is 7.50. The average Bonchev–Trinajstić information content (AvgIpc) is 1.90. The van der Waals surface area contributed by atoms with E-state index in [2.05, 4.69) is 11.1 Å². The monoisotopic (exact) mass is 180 g/mol. The number of nitrogens with one attached hydrogen (secondary N) is 1. The minimum absolute atomic E-state index is 0.0417. The summed E-state index contributed by atoms with van der Waals surface area (Å²) in [6, 6.07) is 0. The lowest BCUT2D eigenvalue weighted by Gasteiger charge is -1.84. The van der Waals surface area contributed by atoms with E-state index in [4.69, 9.17) is 15.0 Å².